The number of anilines is 2. The first-order valence-electron chi connectivity index (χ1n) is 17.6. The second-order valence-corrected chi connectivity index (χ2v) is 15.0. The van der Waals surface area contributed by atoms with Crippen LogP contribution in [0.4, 0.5) is 21.1 Å². The predicted octanol–water partition coefficient (Wildman–Crippen LogP) is 7.72. The molecule has 0 saturated heterocycles. The quantitative estimate of drug-likeness (QED) is 0.193. The lowest BCUT2D eigenvalue weighted by molar-refractivity contribution is -0.124. The van der Waals surface area contributed by atoms with Crippen LogP contribution < -0.4 is 15.0 Å². The van der Waals surface area contributed by atoms with Crippen molar-refractivity contribution in [2.24, 2.45) is 0 Å². The molecule has 13 nitrogen and oxygen atoms in total. The molecule has 0 spiro atoms. The standard InChI is InChI=1S/C39H46N6O7/c1-38(2,3)51-36(47)44-21-27(20-40-44)25-15-17-29(18-16-25)45(37(48)52-39(4,5)6)35-31-22-49-23-32(31)42-34(43-35)26-11-10-14-30(19-26)50-24-33(46)41-28-12-8-7-9-13-28/h10-11,14-21,28H,7-9,12-13,22-24H2,1-6H3,(H,41,46). The zero-order valence-corrected chi connectivity index (χ0v) is 30.6. The van der Waals surface area contributed by atoms with E-state index in [2.05, 4.69) is 10.4 Å². The Kier molecular flexibility index (Phi) is 10.6. The maximum Gasteiger partial charge on any atom is 0.435 e. The van der Waals surface area contributed by atoms with Crippen molar-refractivity contribution in [1.29, 1.82) is 0 Å². The van der Waals surface area contributed by atoms with Crippen molar-refractivity contribution in [3.05, 3.63) is 72.2 Å². The third-order valence-electron chi connectivity index (χ3n) is 8.40. The van der Waals surface area contributed by atoms with Gasteiger partial charge in [-0.3, -0.25) is 4.79 Å². The molecular formula is C39H46N6O7. The zero-order valence-electron chi connectivity index (χ0n) is 30.6. The lowest BCUT2D eigenvalue weighted by atomic mass is 9.95. The normalized spacial score (nSPS) is 14.7. The number of amides is 2. The van der Waals surface area contributed by atoms with E-state index in [-0.39, 0.29) is 31.8 Å². The van der Waals surface area contributed by atoms with Crippen LogP contribution in [0.3, 0.4) is 0 Å². The van der Waals surface area contributed by atoms with Gasteiger partial charge in [-0.2, -0.15) is 9.78 Å². The molecule has 1 aliphatic heterocycles. The predicted molar refractivity (Wildman–Crippen MR) is 194 cm³/mol. The Balaban J connectivity index is 1.29. The number of carbonyl (C=O) groups excluding carboxylic acids is 3. The first-order chi connectivity index (χ1) is 24.7. The molecule has 13 heteroatoms. The highest BCUT2D eigenvalue weighted by Crippen LogP contribution is 2.37. The summed E-state index contributed by atoms with van der Waals surface area (Å²) >= 11 is 0. The Morgan fingerprint density at radius 3 is 2.33 bits per heavy atom. The molecule has 0 bridgehead atoms. The van der Waals surface area contributed by atoms with Gasteiger partial charge in [0.25, 0.3) is 5.91 Å². The highest BCUT2D eigenvalue weighted by Gasteiger charge is 2.32. The summed E-state index contributed by atoms with van der Waals surface area (Å²) in [7, 11) is 0. The van der Waals surface area contributed by atoms with E-state index < -0.39 is 23.4 Å². The Morgan fingerprint density at radius 1 is 0.885 bits per heavy atom. The van der Waals surface area contributed by atoms with Crippen LogP contribution >= 0.6 is 0 Å². The number of carbonyl (C=O) groups is 3. The van der Waals surface area contributed by atoms with E-state index in [9.17, 15) is 14.4 Å². The van der Waals surface area contributed by atoms with Crippen LogP contribution in [0, 0.1) is 0 Å². The van der Waals surface area contributed by atoms with E-state index in [1.54, 1.807) is 78.2 Å². The van der Waals surface area contributed by atoms with E-state index in [1.807, 2.05) is 24.3 Å². The number of rotatable bonds is 8. The van der Waals surface area contributed by atoms with Crippen molar-refractivity contribution in [2.45, 2.75) is 104 Å². The first kappa shape index (κ1) is 36.5. The fourth-order valence-electron chi connectivity index (χ4n) is 6.04. The van der Waals surface area contributed by atoms with Gasteiger partial charge in [0.2, 0.25) is 0 Å². The second-order valence-electron chi connectivity index (χ2n) is 15.0. The van der Waals surface area contributed by atoms with E-state index in [0.717, 1.165) is 35.9 Å². The molecule has 0 atom stereocenters. The molecule has 2 aromatic carbocycles. The molecule has 0 unspecified atom stereocenters. The van der Waals surface area contributed by atoms with Gasteiger partial charge in [0.15, 0.2) is 18.2 Å². The number of aromatic nitrogens is 4. The van der Waals surface area contributed by atoms with Crippen LogP contribution in [-0.2, 0) is 32.2 Å². The molecule has 1 aliphatic carbocycles. The Morgan fingerprint density at radius 2 is 1.62 bits per heavy atom. The zero-order chi connectivity index (χ0) is 37.0. The van der Waals surface area contributed by atoms with E-state index >= 15 is 0 Å². The van der Waals surface area contributed by atoms with Crippen molar-refractivity contribution in [1.82, 2.24) is 25.1 Å². The van der Waals surface area contributed by atoms with E-state index in [0.29, 0.717) is 45.5 Å². The molecule has 4 aromatic rings. The number of nitrogens with one attached hydrogen (secondary N) is 1. The summed E-state index contributed by atoms with van der Waals surface area (Å²) in [5.41, 5.74) is 2.46. The SMILES string of the molecule is CC(C)(C)OC(=O)N(c1ccc(-c2cnn(C(=O)OC(C)(C)C)c2)cc1)c1nc(-c2cccc(OCC(=O)NC3CCCCC3)c2)nc2c1COC2. The molecule has 1 N–H and O–H groups in total. The highest BCUT2D eigenvalue weighted by molar-refractivity contribution is 5.96. The van der Waals surface area contributed by atoms with Crippen LogP contribution in [0.1, 0.15) is 84.9 Å². The van der Waals surface area contributed by atoms with Crippen LogP contribution in [0.25, 0.3) is 22.5 Å². The summed E-state index contributed by atoms with van der Waals surface area (Å²) in [6, 6.07) is 14.6. The number of benzene rings is 2. The van der Waals surface area contributed by atoms with Gasteiger partial charge in [0, 0.05) is 28.9 Å². The number of fused-ring (bicyclic) bond motifs is 1. The molecule has 2 aromatic heterocycles. The smallest absolute Gasteiger partial charge is 0.435 e. The minimum absolute atomic E-state index is 0.103. The van der Waals surface area contributed by atoms with E-state index in [4.69, 9.17) is 28.9 Å². The van der Waals surface area contributed by atoms with Gasteiger partial charge in [0.05, 0.1) is 30.8 Å². The maximum absolute atomic E-state index is 14.0. The average molecular weight is 711 g/mol. The van der Waals surface area contributed by atoms with Gasteiger partial charge in [-0.1, -0.05) is 43.5 Å². The van der Waals surface area contributed by atoms with Gasteiger partial charge >= 0.3 is 12.2 Å². The number of hydrogen-bond donors (Lipinski definition) is 1. The third kappa shape index (κ3) is 9.13. The van der Waals surface area contributed by atoms with Crippen molar-refractivity contribution in [3.63, 3.8) is 0 Å². The van der Waals surface area contributed by atoms with Gasteiger partial charge in [-0.25, -0.2) is 24.5 Å². The molecule has 1 fully saturated rings. The number of nitrogens with zero attached hydrogens (tertiary/aromatic N) is 5. The minimum Gasteiger partial charge on any atom is -0.484 e. The van der Waals surface area contributed by atoms with Crippen LogP contribution in [0.5, 0.6) is 5.75 Å². The summed E-state index contributed by atoms with van der Waals surface area (Å²) in [4.78, 5) is 50.3. The van der Waals surface area contributed by atoms with Gasteiger partial charge in [0.1, 0.15) is 17.0 Å². The molecule has 2 aliphatic rings. The van der Waals surface area contributed by atoms with Crippen molar-refractivity contribution < 1.29 is 33.3 Å². The lowest BCUT2D eigenvalue weighted by Crippen LogP contribution is -2.38. The first-order valence-corrected chi connectivity index (χ1v) is 17.6. The third-order valence-corrected chi connectivity index (χ3v) is 8.40. The largest absolute Gasteiger partial charge is 0.484 e. The molecule has 274 valence electrons. The topological polar surface area (TPSA) is 147 Å². The molecule has 6 rings (SSSR count). The maximum atomic E-state index is 14.0. The molecule has 0 radical (unpaired) electrons. The second kappa shape index (κ2) is 15.1. The lowest BCUT2D eigenvalue weighted by Gasteiger charge is -2.28. The van der Waals surface area contributed by atoms with Gasteiger partial charge in [-0.15, -0.1) is 0 Å². The van der Waals surface area contributed by atoms with Crippen LogP contribution in [-0.4, -0.2) is 61.7 Å². The molecule has 1 saturated carbocycles. The fraction of sp³-hybridized carbons (Fsp3) is 0.436. The van der Waals surface area contributed by atoms with Gasteiger partial charge in [-0.05, 0) is 84.2 Å². The average Bonchev–Trinajstić information content (AvgIpc) is 3.78. The van der Waals surface area contributed by atoms with Crippen molar-refractivity contribution >= 4 is 29.6 Å². The summed E-state index contributed by atoms with van der Waals surface area (Å²) < 4.78 is 24.1. The van der Waals surface area contributed by atoms with Crippen LogP contribution in [0.2, 0.25) is 0 Å². The summed E-state index contributed by atoms with van der Waals surface area (Å²) in [5, 5.41) is 7.25. The fourth-order valence-corrected chi connectivity index (χ4v) is 6.04. The molecule has 52 heavy (non-hydrogen) atoms. The van der Waals surface area contributed by atoms with Crippen LogP contribution in [0.15, 0.2) is 60.9 Å². The van der Waals surface area contributed by atoms with E-state index in [1.165, 1.54) is 11.3 Å². The Bertz CT molecular complexity index is 1920. The summed E-state index contributed by atoms with van der Waals surface area (Å²) in [5.74, 6) is 1.03. The van der Waals surface area contributed by atoms with Crippen molar-refractivity contribution in [2.75, 3.05) is 11.5 Å². The number of ether oxygens (including phenoxy) is 4. The molecular weight excluding hydrogens is 664 g/mol. The summed E-state index contributed by atoms with van der Waals surface area (Å²) in [6.45, 7) is 11.1. The van der Waals surface area contributed by atoms with Gasteiger partial charge < -0.3 is 24.3 Å². The number of hydrogen-bond acceptors (Lipinski definition) is 10. The Labute approximate surface area is 303 Å². The van der Waals surface area contributed by atoms with Crippen molar-refractivity contribution in [3.8, 4) is 28.3 Å². The highest BCUT2D eigenvalue weighted by atomic mass is 16.6. The minimum atomic E-state index is -0.796. The molecule has 2 amide bonds. The Hall–Kier alpha value is -5.30. The molecule has 3 heterocycles. The summed E-state index contributed by atoms with van der Waals surface area (Å²) in [6.07, 6.45) is 7.41. The monoisotopic (exact) mass is 710 g/mol.